The number of aromatic nitrogens is 3. The molecule has 2 aliphatic rings. The summed E-state index contributed by atoms with van der Waals surface area (Å²) in [5.41, 5.74) is 6.18. The molecule has 178 valence electrons. The first-order chi connectivity index (χ1) is 16.0. The summed E-state index contributed by atoms with van der Waals surface area (Å²) in [5, 5.41) is 6.31. The second-order valence-corrected chi connectivity index (χ2v) is 8.41. The van der Waals surface area contributed by atoms with Gasteiger partial charge in [0.25, 0.3) is 6.41 Å². The van der Waals surface area contributed by atoms with Gasteiger partial charge in [0.2, 0.25) is 0 Å². The summed E-state index contributed by atoms with van der Waals surface area (Å²) >= 11 is 0. The molecule has 0 atom stereocenters. The van der Waals surface area contributed by atoms with Crippen LogP contribution in [0.15, 0.2) is 53.2 Å². The maximum atomic E-state index is 8.69. The summed E-state index contributed by atoms with van der Waals surface area (Å²) in [7, 11) is 0. The summed E-state index contributed by atoms with van der Waals surface area (Å²) in [6, 6.07) is 0. The smallest absolute Gasteiger partial charge is 0.274 e. The van der Waals surface area contributed by atoms with Gasteiger partial charge in [-0.1, -0.05) is 43.9 Å². The molecule has 0 aromatic carbocycles. The predicted molar refractivity (Wildman–Crippen MR) is 132 cm³/mol. The molecule has 0 aliphatic heterocycles. The molecule has 33 heavy (non-hydrogen) atoms. The standard InChI is InChI=1S/C14H19N3.C11H16O.CHNO2/c1-10-8-15-14-11(2)9-16-17(14)13(10)12-6-4-3-5-7-12;1-3-9-12-11-6-4-5-10(2)7-8-11;3-1-2-4/h8-9,12H,3-7H2,1-2H3;5-8H,3-4,9H2,1-2H3;1H. The maximum Gasteiger partial charge on any atom is 0.274 e. The number of aryl methyl sites for hydroxylation is 2. The van der Waals surface area contributed by atoms with Crippen molar-refractivity contribution in [2.45, 2.75) is 78.6 Å². The van der Waals surface area contributed by atoms with Crippen LogP contribution in [-0.4, -0.2) is 27.6 Å². The second kappa shape index (κ2) is 14.1. The molecule has 2 heterocycles. The topological polar surface area (TPSA) is 85.9 Å². The number of amides is 1. The molecular formula is C26H36N4O3. The van der Waals surface area contributed by atoms with E-state index in [2.05, 4.69) is 60.5 Å². The Morgan fingerprint density at radius 2 is 1.82 bits per heavy atom. The Morgan fingerprint density at radius 3 is 2.48 bits per heavy atom. The first-order valence-corrected chi connectivity index (χ1v) is 11.8. The first kappa shape index (κ1) is 26.2. The van der Waals surface area contributed by atoms with E-state index < -0.39 is 0 Å². The van der Waals surface area contributed by atoms with E-state index in [1.165, 1.54) is 54.5 Å². The number of rotatable bonds is 5. The Morgan fingerprint density at radius 1 is 1.09 bits per heavy atom. The van der Waals surface area contributed by atoms with E-state index >= 15 is 0 Å². The highest BCUT2D eigenvalue weighted by molar-refractivity contribution is 5.47. The van der Waals surface area contributed by atoms with Crippen molar-refractivity contribution in [2.75, 3.05) is 6.61 Å². The highest BCUT2D eigenvalue weighted by Gasteiger charge is 2.21. The van der Waals surface area contributed by atoms with Gasteiger partial charge in [0, 0.05) is 22.9 Å². The van der Waals surface area contributed by atoms with Crippen LogP contribution < -0.4 is 0 Å². The molecular weight excluding hydrogens is 416 g/mol. The van der Waals surface area contributed by atoms with Gasteiger partial charge in [-0.25, -0.2) is 9.50 Å². The van der Waals surface area contributed by atoms with Crippen molar-refractivity contribution < 1.29 is 9.53 Å². The number of hydrogen-bond donors (Lipinski definition) is 0. The summed E-state index contributed by atoms with van der Waals surface area (Å²) in [5.74, 6) is 1.68. The number of allylic oxidation sites excluding steroid dienone is 5. The lowest BCUT2D eigenvalue weighted by atomic mass is 9.85. The lowest BCUT2D eigenvalue weighted by Crippen LogP contribution is -2.12. The van der Waals surface area contributed by atoms with E-state index in [-0.39, 0.29) is 6.41 Å². The van der Waals surface area contributed by atoms with Crippen LogP contribution in [0.25, 0.3) is 5.65 Å². The van der Waals surface area contributed by atoms with Crippen molar-refractivity contribution >= 4 is 12.1 Å². The number of nitrogens with zero attached hydrogens (tertiary/aromatic N) is 4. The molecule has 7 nitrogen and oxygen atoms in total. The lowest BCUT2D eigenvalue weighted by Gasteiger charge is -2.23. The van der Waals surface area contributed by atoms with Crippen LogP contribution in [0.3, 0.4) is 0 Å². The SMILES string of the molecule is CCCOC1=CCC=C(C)C=C1.Cc1cnc2c(C)cnn2c1C1CCCCC1.O=CN=O. The minimum atomic E-state index is -0.0556. The van der Waals surface area contributed by atoms with Gasteiger partial charge in [-0.15, -0.1) is 4.91 Å². The number of fused-ring (bicyclic) bond motifs is 1. The predicted octanol–water partition coefficient (Wildman–Crippen LogP) is 6.51. The fraction of sp³-hybridized carbons (Fsp3) is 0.500. The van der Waals surface area contributed by atoms with Gasteiger partial charge < -0.3 is 4.74 Å². The molecule has 1 saturated carbocycles. The lowest BCUT2D eigenvalue weighted by molar-refractivity contribution is -0.106. The van der Waals surface area contributed by atoms with Crippen LogP contribution in [-0.2, 0) is 9.53 Å². The molecule has 2 aromatic heterocycles. The van der Waals surface area contributed by atoms with Crippen molar-refractivity contribution in [3.63, 3.8) is 0 Å². The molecule has 0 radical (unpaired) electrons. The zero-order valence-electron chi connectivity index (χ0n) is 20.3. The Kier molecular flexibility index (Phi) is 11.2. The number of carbonyl (C=O) groups is 1. The van der Waals surface area contributed by atoms with Gasteiger partial charge in [-0.3, -0.25) is 4.79 Å². The summed E-state index contributed by atoms with van der Waals surface area (Å²) < 4.78 is 7.57. The van der Waals surface area contributed by atoms with Gasteiger partial charge in [-0.05, 0) is 64.2 Å². The fourth-order valence-electron chi connectivity index (χ4n) is 4.06. The second-order valence-electron chi connectivity index (χ2n) is 8.41. The van der Waals surface area contributed by atoms with Crippen molar-refractivity contribution in [1.29, 1.82) is 0 Å². The van der Waals surface area contributed by atoms with Crippen LogP contribution >= 0.6 is 0 Å². The van der Waals surface area contributed by atoms with E-state index in [9.17, 15) is 0 Å². The van der Waals surface area contributed by atoms with Gasteiger partial charge in [0.05, 0.1) is 18.5 Å². The van der Waals surface area contributed by atoms with Crippen LogP contribution in [0.1, 0.15) is 81.5 Å². The Balaban J connectivity index is 0.000000211. The van der Waals surface area contributed by atoms with Crippen molar-refractivity contribution in [1.82, 2.24) is 14.6 Å². The zero-order valence-corrected chi connectivity index (χ0v) is 20.3. The molecule has 1 fully saturated rings. The van der Waals surface area contributed by atoms with Crippen molar-refractivity contribution in [3.8, 4) is 0 Å². The monoisotopic (exact) mass is 452 g/mol. The Hall–Kier alpha value is -3.09. The minimum Gasteiger partial charge on any atom is -0.494 e. The fourth-order valence-corrected chi connectivity index (χ4v) is 4.06. The third-order valence-corrected chi connectivity index (χ3v) is 5.71. The van der Waals surface area contributed by atoms with E-state index in [1.54, 1.807) is 5.18 Å². The summed E-state index contributed by atoms with van der Waals surface area (Å²) in [6.07, 6.45) is 21.1. The summed E-state index contributed by atoms with van der Waals surface area (Å²) in [6.45, 7) is 9.27. The minimum absolute atomic E-state index is 0.0556. The average Bonchev–Trinajstić information content (AvgIpc) is 3.08. The van der Waals surface area contributed by atoms with Crippen LogP contribution in [0.5, 0.6) is 0 Å². The number of ether oxygens (including phenoxy) is 1. The van der Waals surface area contributed by atoms with E-state index in [0.717, 1.165) is 30.9 Å². The van der Waals surface area contributed by atoms with Crippen molar-refractivity contribution in [3.05, 3.63) is 69.8 Å². The van der Waals surface area contributed by atoms with E-state index in [1.807, 2.05) is 18.5 Å². The third kappa shape index (κ3) is 8.08. The van der Waals surface area contributed by atoms with Crippen LogP contribution in [0.2, 0.25) is 0 Å². The van der Waals surface area contributed by atoms with Gasteiger partial charge in [0.1, 0.15) is 5.76 Å². The third-order valence-electron chi connectivity index (χ3n) is 5.71. The number of carbonyl (C=O) groups excluding carboxylic acids is 1. The van der Waals surface area contributed by atoms with E-state index in [4.69, 9.17) is 14.4 Å². The van der Waals surface area contributed by atoms with Gasteiger partial charge in [-0.2, -0.15) is 5.10 Å². The molecule has 0 spiro atoms. The molecule has 0 N–H and O–H groups in total. The normalized spacial score (nSPS) is 15.8. The quantitative estimate of drug-likeness (QED) is 0.381. The largest absolute Gasteiger partial charge is 0.494 e. The van der Waals surface area contributed by atoms with Gasteiger partial charge >= 0.3 is 0 Å². The average molecular weight is 453 g/mol. The molecule has 2 aromatic rings. The van der Waals surface area contributed by atoms with Gasteiger partial charge in [0.15, 0.2) is 5.65 Å². The zero-order chi connectivity index (χ0) is 24.1. The highest BCUT2D eigenvalue weighted by atomic mass is 16.5. The Labute approximate surface area is 196 Å². The van der Waals surface area contributed by atoms with Crippen LogP contribution in [0, 0.1) is 18.8 Å². The first-order valence-electron chi connectivity index (χ1n) is 11.8. The summed E-state index contributed by atoms with van der Waals surface area (Å²) in [4.78, 5) is 21.7. The number of nitroso groups, excluding NO2 is 1. The van der Waals surface area contributed by atoms with Crippen LogP contribution in [0.4, 0.5) is 0 Å². The Bertz CT molecular complexity index is 992. The van der Waals surface area contributed by atoms with E-state index in [0.29, 0.717) is 5.92 Å². The molecule has 7 heteroatoms. The molecule has 0 bridgehead atoms. The molecule has 4 rings (SSSR count). The molecule has 1 amide bonds. The van der Waals surface area contributed by atoms with Crippen molar-refractivity contribution in [2.24, 2.45) is 5.18 Å². The molecule has 0 unspecified atom stereocenters. The highest BCUT2D eigenvalue weighted by Crippen LogP contribution is 2.34. The molecule has 0 saturated heterocycles. The molecule has 2 aliphatic carbocycles. The number of hydrogen-bond acceptors (Lipinski definition) is 5. The maximum absolute atomic E-state index is 8.69.